The Kier molecular flexibility index (Phi) is 8.04. The van der Waals surface area contributed by atoms with Gasteiger partial charge in [0.15, 0.2) is 65.3 Å². The zero-order valence-electron chi connectivity index (χ0n) is 28.5. The van der Waals surface area contributed by atoms with Crippen molar-refractivity contribution in [3.63, 3.8) is 0 Å². The van der Waals surface area contributed by atoms with Crippen LogP contribution in [-0.2, 0) is 66.4 Å². The molecule has 0 bridgehead atoms. The predicted molar refractivity (Wildman–Crippen MR) is 157 cm³/mol. The van der Waals surface area contributed by atoms with Crippen molar-refractivity contribution < 1.29 is 66.4 Å². The summed E-state index contributed by atoms with van der Waals surface area (Å²) in [4.78, 5) is 27.2. The van der Waals surface area contributed by atoms with Crippen molar-refractivity contribution in [3.8, 4) is 0 Å². The van der Waals surface area contributed by atoms with Gasteiger partial charge in [-0.1, -0.05) is 0 Å². The van der Waals surface area contributed by atoms with Crippen LogP contribution in [0.25, 0.3) is 0 Å². The summed E-state index contributed by atoms with van der Waals surface area (Å²) in [6.45, 7) is 17.7. The molecule has 47 heavy (non-hydrogen) atoms. The van der Waals surface area contributed by atoms with Gasteiger partial charge in [0.25, 0.3) is 0 Å². The van der Waals surface area contributed by atoms with Gasteiger partial charge in [-0.2, -0.15) is 0 Å². The molecule has 0 aliphatic carbocycles. The van der Waals surface area contributed by atoms with Gasteiger partial charge in [-0.05, 0) is 93.5 Å². The Balaban J connectivity index is 1.06. The van der Waals surface area contributed by atoms with Gasteiger partial charge in [-0.15, -0.1) is 0 Å². The molecular weight excluding hydrogens is 620 g/mol. The lowest BCUT2D eigenvalue weighted by Gasteiger charge is -2.36. The molecule has 14 heteroatoms. The zero-order valence-corrected chi connectivity index (χ0v) is 28.5. The van der Waals surface area contributed by atoms with Crippen LogP contribution in [-0.4, -0.2) is 114 Å². The standard InChI is InChI=1S/C33H46O14/c1-29(2)38-19(15(34)11-13-17-21-23(42-30(3,4)40-21)25-27(36-17)46-32(7,8)44-25)20(39-29)16(35)12-14-18-22-24(43-31(5,6)41-22)26-28(37-18)47-33(9,10)45-26/h11-14,17-28H,1-10H3/b13-11+,14-12+/t17-,18-,19+,20+,21+,22+,23+,24+,25-,26-,27-,28-/m1/s1. The van der Waals surface area contributed by atoms with E-state index in [-0.39, 0.29) is 0 Å². The van der Waals surface area contributed by atoms with Gasteiger partial charge in [-0.3, -0.25) is 9.59 Å². The van der Waals surface area contributed by atoms with Crippen molar-refractivity contribution in [1.29, 1.82) is 0 Å². The minimum atomic E-state index is -1.21. The third kappa shape index (κ3) is 6.53. The summed E-state index contributed by atoms with van der Waals surface area (Å²) < 4.78 is 72.8. The fraction of sp³-hybridized carbons (Fsp3) is 0.818. The third-order valence-corrected chi connectivity index (χ3v) is 8.94. The van der Waals surface area contributed by atoms with Crippen molar-refractivity contribution in [2.45, 2.75) is 172 Å². The molecule has 12 atom stereocenters. The van der Waals surface area contributed by atoms with Crippen molar-refractivity contribution in [3.05, 3.63) is 24.3 Å². The van der Waals surface area contributed by atoms with E-state index in [1.54, 1.807) is 53.7 Å². The average Bonchev–Trinajstić information content (AvgIpc) is 3.70. The predicted octanol–water partition coefficient (Wildman–Crippen LogP) is 2.55. The molecule has 0 spiro atoms. The Bertz CT molecular complexity index is 1240. The SMILES string of the molecule is CC1(C)O[C@H]2[C@@H](O1)[C@@H](/C=C/C(=O)[C@@H]1OC(C)(C)O[C@H]1C(=O)/C=C/[C@H]1O[C@@H]3OC(C)(C)O[C@@H]3[C@H]3OC(C)(C)O[C@H]31)O[C@@H]1OC(C)(C)O[C@@H]12. The molecule has 0 radical (unpaired) electrons. The van der Waals surface area contributed by atoms with Gasteiger partial charge in [0, 0.05) is 0 Å². The number of hydrogen-bond acceptors (Lipinski definition) is 14. The molecule has 7 rings (SSSR count). The van der Waals surface area contributed by atoms with Gasteiger partial charge in [0.2, 0.25) is 0 Å². The van der Waals surface area contributed by atoms with Crippen molar-refractivity contribution in [2.24, 2.45) is 0 Å². The van der Waals surface area contributed by atoms with E-state index in [1.165, 1.54) is 12.2 Å². The van der Waals surface area contributed by atoms with Gasteiger partial charge in [-0.25, -0.2) is 0 Å². The number of fused-ring (bicyclic) bond motifs is 6. The summed E-state index contributed by atoms with van der Waals surface area (Å²) in [5.74, 6) is -5.68. The number of hydrogen-bond donors (Lipinski definition) is 0. The molecule has 14 nitrogen and oxygen atoms in total. The Morgan fingerprint density at radius 2 is 0.702 bits per heavy atom. The fourth-order valence-electron chi connectivity index (χ4n) is 7.34. The maximum absolute atomic E-state index is 13.6. The summed E-state index contributed by atoms with van der Waals surface area (Å²) in [6, 6.07) is 0. The van der Waals surface area contributed by atoms with Crippen LogP contribution in [0.3, 0.4) is 0 Å². The first-order valence-electron chi connectivity index (χ1n) is 16.2. The molecule has 0 aromatic rings. The second-order valence-electron chi connectivity index (χ2n) is 15.3. The highest BCUT2D eigenvalue weighted by Crippen LogP contribution is 2.46. The van der Waals surface area contributed by atoms with Crippen LogP contribution in [0.1, 0.15) is 69.2 Å². The molecule has 7 aliphatic rings. The molecule has 262 valence electrons. The lowest BCUT2D eigenvalue weighted by Crippen LogP contribution is -2.54. The molecule has 0 aromatic carbocycles. The van der Waals surface area contributed by atoms with E-state index in [1.807, 2.05) is 27.7 Å². The molecule has 7 fully saturated rings. The normalized spacial score (nSPS) is 46.8. The Hall–Kier alpha value is -1.66. The molecule has 0 unspecified atom stereocenters. The van der Waals surface area contributed by atoms with E-state index >= 15 is 0 Å². The van der Waals surface area contributed by atoms with Crippen LogP contribution in [0.5, 0.6) is 0 Å². The zero-order chi connectivity index (χ0) is 33.9. The number of carbonyl (C=O) groups excluding carboxylic acids is 2. The molecule has 7 saturated heterocycles. The van der Waals surface area contributed by atoms with Gasteiger partial charge in [0.05, 0.1) is 0 Å². The molecule has 0 aromatic heterocycles. The van der Waals surface area contributed by atoms with Crippen LogP contribution < -0.4 is 0 Å². The van der Waals surface area contributed by atoms with Gasteiger partial charge >= 0.3 is 0 Å². The Labute approximate surface area is 274 Å². The van der Waals surface area contributed by atoms with E-state index in [9.17, 15) is 9.59 Å². The molecular formula is C33H46O14. The first kappa shape index (κ1) is 33.8. The minimum Gasteiger partial charge on any atom is -0.342 e. The van der Waals surface area contributed by atoms with E-state index in [0.29, 0.717) is 0 Å². The van der Waals surface area contributed by atoms with Crippen LogP contribution in [0, 0.1) is 0 Å². The third-order valence-electron chi connectivity index (χ3n) is 8.94. The summed E-state index contributed by atoms with van der Waals surface area (Å²) in [7, 11) is 0. The molecule has 0 N–H and O–H groups in total. The number of ketones is 2. The highest BCUT2D eigenvalue weighted by molar-refractivity contribution is 6.02. The van der Waals surface area contributed by atoms with Crippen molar-refractivity contribution in [1.82, 2.24) is 0 Å². The highest BCUT2D eigenvalue weighted by Gasteiger charge is 2.62. The minimum absolute atomic E-state index is 0.475. The molecule has 7 aliphatic heterocycles. The summed E-state index contributed by atoms with van der Waals surface area (Å²) in [5.41, 5.74) is 0. The lowest BCUT2D eigenvalue weighted by atomic mass is 9.97. The second kappa shape index (κ2) is 11.2. The number of rotatable bonds is 6. The fourth-order valence-corrected chi connectivity index (χ4v) is 7.34. The van der Waals surface area contributed by atoms with Crippen LogP contribution in [0.4, 0.5) is 0 Å². The number of carbonyl (C=O) groups is 2. The van der Waals surface area contributed by atoms with Crippen molar-refractivity contribution >= 4 is 11.6 Å². The van der Waals surface area contributed by atoms with Crippen LogP contribution in [0.15, 0.2) is 24.3 Å². The van der Waals surface area contributed by atoms with Gasteiger partial charge in [0.1, 0.15) is 48.8 Å². The van der Waals surface area contributed by atoms with E-state index in [2.05, 4.69) is 0 Å². The van der Waals surface area contributed by atoms with E-state index < -0.39 is 114 Å². The second-order valence-corrected chi connectivity index (χ2v) is 15.3. The summed E-state index contributed by atoms with van der Waals surface area (Å²) in [6.07, 6.45) is -2.52. The summed E-state index contributed by atoms with van der Waals surface area (Å²) >= 11 is 0. The molecule has 0 saturated carbocycles. The quantitative estimate of drug-likeness (QED) is 0.383. The topological polar surface area (TPSA) is 145 Å². The molecule has 7 heterocycles. The number of ether oxygens (including phenoxy) is 12. The Morgan fingerprint density at radius 1 is 0.404 bits per heavy atom. The summed E-state index contributed by atoms with van der Waals surface area (Å²) in [5, 5.41) is 0. The first-order valence-corrected chi connectivity index (χ1v) is 16.2. The smallest absolute Gasteiger partial charge is 0.190 e. The van der Waals surface area contributed by atoms with E-state index in [0.717, 1.165) is 0 Å². The highest BCUT2D eigenvalue weighted by atomic mass is 16.9. The average molecular weight is 667 g/mol. The molecule has 0 amide bonds. The maximum Gasteiger partial charge on any atom is 0.190 e. The lowest BCUT2D eigenvalue weighted by molar-refractivity contribution is -0.222. The monoisotopic (exact) mass is 666 g/mol. The Morgan fingerprint density at radius 3 is 1.09 bits per heavy atom. The maximum atomic E-state index is 13.6. The largest absolute Gasteiger partial charge is 0.342 e. The van der Waals surface area contributed by atoms with Crippen LogP contribution >= 0.6 is 0 Å². The van der Waals surface area contributed by atoms with Gasteiger partial charge < -0.3 is 56.8 Å². The van der Waals surface area contributed by atoms with E-state index in [4.69, 9.17) is 56.8 Å². The first-order chi connectivity index (χ1) is 21.7. The van der Waals surface area contributed by atoms with Crippen molar-refractivity contribution in [2.75, 3.05) is 0 Å². The van der Waals surface area contributed by atoms with Crippen LogP contribution in [0.2, 0.25) is 0 Å².